The fraction of sp³-hybridized carbons (Fsp3) is 0.533. The second kappa shape index (κ2) is 5.11. The van der Waals surface area contributed by atoms with E-state index in [4.69, 9.17) is 9.47 Å². The van der Waals surface area contributed by atoms with Crippen LogP contribution in [0.2, 0.25) is 0 Å². The molecule has 1 heterocycles. The molecule has 1 aliphatic heterocycles. The van der Waals surface area contributed by atoms with E-state index in [0.717, 1.165) is 23.5 Å². The lowest BCUT2D eigenvalue weighted by atomic mass is 9.89. The van der Waals surface area contributed by atoms with Crippen LogP contribution < -0.4 is 14.8 Å². The Morgan fingerprint density at radius 1 is 1.53 bits per heavy atom. The second-order valence-corrected chi connectivity index (χ2v) is 5.44. The Bertz CT molecular complexity index is 482. The van der Waals surface area contributed by atoms with E-state index < -0.39 is 0 Å². The van der Waals surface area contributed by atoms with Gasteiger partial charge in [0.15, 0.2) is 0 Å². The lowest BCUT2D eigenvalue weighted by Gasteiger charge is -2.38. The van der Waals surface area contributed by atoms with Crippen LogP contribution >= 0.6 is 0 Å². The number of fused-ring (bicyclic) bond motifs is 1. The topological polar surface area (TPSA) is 47.6 Å². The van der Waals surface area contributed by atoms with Crippen molar-refractivity contribution in [2.75, 3.05) is 7.11 Å². The highest BCUT2D eigenvalue weighted by molar-refractivity contribution is 5.76. The Balaban J connectivity index is 2.34. The van der Waals surface area contributed by atoms with E-state index >= 15 is 0 Å². The molecular weight excluding hydrogens is 242 g/mol. The number of benzene rings is 1. The van der Waals surface area contributed by atoms with E-state index in [0.29, 0.717) is 6.42 Å². The van der Waals surface area contributed by atoms with Crippen molar-refractivity contribution in [3.8, 4) is 11.5 Å². The minimum Gasteiger partial charge on any atom is -0.497 e. The third kappa shape index (κ3) is 3.00. The maximum Gasteiger partial charge on any atom is 0.220 e. The van der Waals surface area contributed by atoms with Gasteiger partial charge < -0.3 is 14.8 Å². The van der Waals surface area contributed by atoms with Crippen molar-refractivity contribution < 1.29 is 14.3 Å². The maximum atomic E-state index is 11.6. The van der Waals surface area contributed by atoms with Crippen molar-refractivity contribution >= 4 is 5.91 Å². The molecule has 4 nitrogen and oxygen atoms in total. The van der Waals surface area contributed by atoms with Gasteiger partial charge in [-0.25, -0.2) is 0 Å². The van der Waals surface area contributed by atoms with E-state index in [2.05, 4.69) is 5.32 Å². The van der Waals surface area contributed by atoms with Crippen LogP contribution in [0.15, 0.2) is 18.2 Å². The number of rotatable bonds is 3. The second-order valence-electron chi connectivity index (χ2n) is 5.44. The normalized spacial score (nSPS) is 20.1. The Morgan fingerprint density at radius 3 is 2.89 bits per heavy atom. The number of carbonyl (C=O) groups is 1. The minimum absolute atomic E-state index is 0.00268. The Hall–Kier alpha value is -1.71. The monoisotopic (exact) mass is 263 g/mol. The molecule has 0 bridgehead atoms. The molecule has 1 aromatic rings. The van der Waals surface area contributed by atoms with Crippen LogP contribution in [0.4, 0.5) is 0 Å². The van der Waals surface area contributed by atoms with Gasteiger partial charge in [-0.1, -0.05) is 6.92 Å². The largest absolute Gasteiger partial charge is 0.497 e. The van der Waals surface area contributed by atoms with Gasteiger partial charge in [0.2, 0.25) is 5.91 Å². The van der Waals surface area contributed by atoms with Crippen molar-refractivity contribution in [2.24, 2.45) is 0 Å². The summed E-state index contributed by atoms with van der Waals surface area (Å²) in [6.45, 7) is 5.91. The van der Waals surface area contributed by atoms with E-state index in [9.17, 15) is 4.79 Å². The van der Waals surface area contributed by atoms with Crippen molar-refractivity contribution in [1.29, 1.82) is 0 Å². The molecule has 0 saturated carbocycles. The van der Waals surface area contributed by atoms with Crippen molar-refractivity contribution in [3.63, 3.8) is 0 Å². The molecule has 1 aliphatic rings. The SMILES string of the molecule is CCC(=O)N[C@@H]1CC(C)(C)Oc2cc(OC)ccc21. The van der Waals surface area contributed by atoms with Gasteiger partial charge in [-0.3, -0.25) is 4.79 Å². The zero-order chi connectivity index (χ0) is 14.0. The molecule has 0 spiro atoms. The molecule has 0 aliphatic carbocycles. The zero-order valence-corrected chi connectivity index (χ0v) is 11.9. The fourth-order valence-corrected chi connectivity index (χ4v) is 2.38. The maximum absolute atomic E-state index is 11.6. The zero-order valence-electron chi connectivity index (χ0n) is 11.9. The highest BCUT2D eigenvalue weighted by Gasteiger charge is 2.34. The number of methoxy groups -OCH3 is 1. The van der Waals surface area contributed by atoms with Gasteiger partial charge in [0.1, 0.15) is 17.1 Å². The molecule has 4 heteroatoms. The lowest BCUT2D eigenvalue weighted by molar-refractivity contribution is -0.122. The average molecular weight is 263 g/mol. The molecule has 1 amide bonds. The summed E-state index contributed by atoms with van der Waals surface area (Å²) in [6, 6.07) is 5.73. The van der Waals surface area contributed by atoms with Gasteiger partial charge in [0, 0.05) is 24.5 Å². The lowest BCUT2D eigenvalue weighted by Crippen LogP contribution is -2.41. The van der Waals surface area contributed by atoms with Gasteiger partial charge in [-0.15, -0.1) is 0 Å². The number of hydrogen-bond acceptors (Lipinski definition) is 3. The number of carbonyl (C=O) groups excluding carboxylic acids is 1. The molecule has 104 valence electrons. The first-order valence-electron chi connectivity index (χ1n) is 6.61. The number of hydrogen-bond donors (Lipinski definition) is 1. The Kier molecular flexibility index (Phi) is 3.69. The number of nitrogens with one attached hydrogen (secondary N) is 1. The van der Waals surface area contributed by atoms with Gasteiger partial charge in [0.25, 0.3) is 0 Å². The van der Waals surface area contributed by atoms with Crippen LogP contribution in [0.3, 0.4) is 0 Å². The molecule has 0 saturated heterocycles. The van der Waals surface area contributed by atoms with Crippen LogP contribution in [0.1, 0.15) is 45.2 Å². The van der Waals surface area contributed by atoms with Crippen molar-refractivity contribution in [3.05, 3.63) is 23.8 Å². The van der Waals surface area contributed by atoms with E-state index in [1.54, 1.807) is 7.11 Å². The van der Waals surface area contributed by atoms with Gasteiger partial charge in [-0.05, 0) is 26.0 Å². The average Bonchev–Trinajstić information content (AvgIpc) is 2.36. The van der Waals surface area contributed by atoms with E-state index in [-0.39, 0.29) is 17.6 Å². The van der Waals surface area contributed by atoms with E-state index in [1.807, 2.05) is 39.0 Å². The summed E-state index contributed by atoms with van der Waals surface area (Å²) in [6.07, 6.45) is 1.25. The molecule has 2 rings (SSSR count). The third-order valence-corrected chi connectivity index (χ3v) is 3.33. The molecule has 1 aromatic carbocycles. The predicted octanol–water partition coefficient (Wildman–Crippen LogP) is 2.82. The van der Waals surface area contributed by atoms with Crippen LogP contribution in [0.25, 0.3) is 0 Å². The molecule has 19 heavy (non-hydrogen) atoms. The molecule has 1 N–H and O–H groups in total. The molecule has 0 radical (unpaired) electrons. The predicted molar refractivity (Wildman–Crippen MR) is 73.5 cm³/mol. The summed E-state index contributed by atoms with van der Waals surface area (Å²) < 4.78 is 11.2. The summed E-state index contributed by atoms with van der Waals surface area (Å²) in [4.78, 5) is 11.6. The first-order chi connectivity index (χ1) is 8.95. The quantitative estimate of drug-likeness (QED) is 0.912. The molecule has 0 aromatic heterocycles. The van der Waals surface area contributed by atoms with Crippen LogP contribution in [-0.4, -0.2) is 18.6 Å². The first-order valence-corrected chi connectivity index (χ1v) is 6.61. The summed E-state index contributed by atoms with van der Waals surface area (Å²) in [5.74, 6) is 1.61. The Labute approximate surface area is 114 Å². The standard InChI is InChI=1S/C15H21NO3/c1-5-14(17)16-12-9-15(2,3)19-13-8-10(18-4)6-7-11(12)13/h6-8,12H,5,9H2,1-4H3,(H,16,17)/t12-/m1/s1. The van der Waals surface area contributed by atoms with Crippen molar-refractivity contribution in [2.45, 2.75) is 45.3 Å². The number of amides is 1. The van der Waals surface area contributed by atoms with Crippen LogP contribution in [0.5, 0.6) is 11.5 Å². The van der Waals surface area contributed by atoms with Gasteiger partial charge >= 0.3 is 0 Å². The Morgan fingerprint density at radius 2 is 2.26 bits per heavy atom. The van der Waals surface area contributed by atoms with Crippen molar-refractivity contribution in [1.82, 2.24) is 5.32 Å². The minimum atomic E-state index is -0.301. The molecule has 0 fully saturated rings. The highest BCUT2D eigenvalue weighted by Crippen LogP contribution is 2.41. The molecule has 1 atom stereocenters. The molecular formula is C15H21NO3. The van der Waals surface area contributed by atoms with Gasteiger partial charge in [0.05, 0.1) is 13.2 Å². The van der Waals surface area contributed by atoms with Crippen LogP contribution in [-0.2, 0) is 4.79 Å². The van der Waals surface area contributed by atoms with Crippen LogP contribution in [0, 0.1) is 0 Å². The molecule has 0 unspecified atom stereocenters. The first kappa shape index (κ1) is 13.7. The summed E-state index contributed by atoms with van der Waals surface area (Å²) in [5.41, 5.74) is 0.715. The highest BCUT2D eigenvalue weighted by atomic mass is 16.5. The summed E-state index contributed by atoms with van der Waals surface area (Å²) in [7, 11) is 1.63. The summed E-state index contributed by atoms with van der Waals surface area (Å²) in [5, 5.41) is 3.06. The fourth-order valence-electron chi connectivity index (χ4n) is 2.38. The van der Waals surface area contributed by atoms with E-state index in [1.165, 1.54) is 0 Å². The third-order valence-electron chi connectivity index (χ3n) is 3.33. The van der Waals surface area contributed by atoms with Gasteiger partial charge in [-0.2, -0.15) is 0 Å². The smallest absolute Gasteiger partial charge is 0.220 e. The number of ether oxygens (including phenoxy) is 2. The summed E-state index contributed by atoms with van der Waals surface area (Å²) >= 11 is 0.